The summed E-state index contributed by atoms with van der Waals surface area (Å²) in [5.74, 6) is 0. The van der Waals surface area contributed by atoms with Crippen LogP contribution in [0.4, 0.5) is 17.1 Å². The van der Waals surface area contributed by atoms with Crippen molar-refractivity contribution >= 4 is 83.8 Å². The van der Waals surface area contributed by atoms with Crippen LogP contribution in [0.1, 0.15) is 0 Å². The van der Waals surface area contributed by atoms with Gasteiger partial charge in [-0.2, -0.15) is 0 Å². The summed E-state index contributed by atoms with van der Waals surface area (Å²) < 4.78 is 4.98. The van der Waals surface area contributed by atoms with E-state index in [2.05, 4.69) is 196 Å². The van der Waals surface area contributed by atoms with Crippen molar-refractivity contribution in [2.45, 2.75) is 0 Å². The summed E-state index contributed by atoms with van der Waals surface area (Å²) in [5, 5.41) is 5.11. The van der Waals surface area contributed by atoms with Crippen molar-refractivity contribution in [2.75, 3.05) is 4.90 Å². The molecule has 3 nitrogen and oxygen atoms in total. The van der Waals surface area contributed by atoms with Crippen molar-refractivity contribution < 1.29 is 0 Å². The van der Waals surface area contributed by atoms with Crippen LogP contribution in [0.25, 0.3) is 66.1 Å². The van der Waals surface area contributed by atoms with Crippen LogP contribution in [0.3, 0.4) is 0 Å². The van der Waals surface area contributed by atoms with Gasteiger partial charge in [-0.3, -0.25) is 0 Å². The standard InChI is InChI=1S/C48H30BN3/c1-3-15-31(16-4-1)33-19-7-10-24-40(33)51-43-27-14-28-44-47(43)49(38-23-13-22-36-34-20-8-12-26-42(34)52(44)48(36)38)39-30-45-37(29-46(39)51)35-21-9-11-25-41(35)50(45)32-17-5-2-6-18-32/h1-30H. The highest BCUT2D eigenvalue weighted by Gasteiger charge is 2.42. The summed E-state index contributed by atoms with van der Waals surface area (Å²) >= 11 is 0. The molecule has 0 N–H and O–H groups in total. The Balaban J connectivity index is 1.27. The average molecular weight is 660 g/mol. The molecule has 0 bridgehead atoms. The topological polar surface area (TPSA) is 13.1 Å². The molecule has 0 fully saturated rings. The fourth-order valence-corrected chi connectivity index (χ4v) is 9.45. The highest BCUT2D eigenvalue weighted by atomic mass is 15.2. The van der Waals surface area contributed by atoms with E-state index in [9.17, 15) is 0 Å². The summed E-state index contributed by atoms with van der Waals surface area (Å²) in [7, 11) is 0. The molecule has 0 amide bonds. The lowest BCUT2D eigenvalue weighted by molar-refractivity contribution is 1.17. The normalized spacial score (nSPS) is 12.9. The van der Waals surface area contributed by atoms with E-state index in [0.717, 1.165) is 0 Å². The van der Waals surface area contributed by atoms with Gasteiger partial charge in [0.2, 0.25) is 0 Å². The number of para-hydroxylation sites is 5. The van der Waals surface area contributed by atoms with Crippen LogP contribution >= 0.6 is 0 Å². The largest absolute Gasteiger partial charge is 0.311 e. The van der Waals surface area contributed by atoms with E-state index >= 15 is 0 Å². The van der Waals surface area contributed by atoms with Crippen LogP contribution in [0.15, 0.2) is 182 Å². The second kappa shape index (κ2) is 10.4. The van der Waals surface area contributed by atoms with E-state index in [-0.39, 0.29) is 6.71 Å². The minimum atomic E-state index is 0.0495. The van der Waals surface area contributed by atoms with Gasteiger partial charge in [0.05, 0.1) is 22.2 Å². The summed E-state index contributed by atoms with van der Waals surface area (Å²) in [4.78, 5) is 2.55. The first-order chi connectivity index (χ1) is 25.8. The minimum absolute atomic E-state index is 0.0495. The lowest BCUT2D eigenvalue weighted by atomic mass is 9.33. The van der Waals surface area contributed by atoms with Crippen LogP contribution < -0.4 is 21.3 Å². The first-order valence-electron chi connectivity index (χ1n) is 18.1. The molecule has 8 aromatic carbocycles. The highest BCUT2D eigenvalue weighted by molar-refractivity contribution is 7.00. The van der Waals surface area contributed by atoms with Crippen molar-refractivity contribution in [3.63, 3.8) is 0 Å². The van der Waals surface area contributed by atoms with Gasteiger partial charge in [0.25, 0.3) is 6.71 Å². The van der Waals surface area contributed by atoms with Gasteiger partial charge in [-0.1, -0.05) is 127 Å². The molecule has 240 valence electrons. The van der Waals surface area contributed by atoms with Gasteiger partial charge in [-0.25, -0.2) is 0 Å². The maximum atomic E-state index is 2.55. The molecule has 52 heavy (non-hydrogen) atoms. The molecule has 2 aliphatic rings. The second-order valence-corrected chi connectivity index (χ2v) is 14.1. The summed E-state index contributed by atoms with van der Waals surface area (Å²) in [6.45, 7) is 0.0495. The monoisotopic (exact) mass is 659 g/mol. The molecule has 12 rings (SSSR count). The van der Waals surface area contributed by atoms with Crippen molar-refractivity contribution in [3.05, 3.63) is 182 Å². The van der Waals surface area contributed by atoms with Gasteiger partial charge in [-0.15, -0.1) is 0 Å². The molecule has 0 radical (unpaired) electrons. The highest BCUT2D eigenvalue weighted by Crippen LogP contribution is 2.46. The number of anilines is 3. The quantitative estimate of drug-likeness (QED) is 0.172. The fraction of sp³-hybridized carbons (Fsp3) is 0. The van der Waals surface area contributed by atoms with E-state index in [4.69, 9.17) is 0 Å². The maximum Gasteiger partial charge on any atom is 0.252 e. The number of hydrogen-bond acceptors (Lipinski definition) is 1. The first-order valence-corrected chi connectivity index (χ1v) is 18.1. The second-order valence-electron chi connectivity index (χ2n) is 14.1. The molecular weight excluding hydrogens is 629 g/mol. The predicted molar refractivity (Wildman–Crippen MR) is 220 cm³/mol. The molecule has 10 aromatic rings. The number of benzene rings is 8. The Morgan fingerprint density at radius 1 is 0.365 bits per heavy atom. The van der Waals surface area contributed by atoms with Crippen molar-refractivity contribution in [2.24, 2.45) is 0 Å². The molecule has 2 aliphatic heterocycles. The van der Waals surface area contributed by atoms with Crippen LogP contribution in [0.5, 0.6) is 0 Å². The SMILES string of the molecule is c1ccc(-c2ccccc2N2c3cc4c5ccccc5n(-c5ccccc5)c4cc3B3c4c2cccc4-n2c4ccccc4c4cccc3c42)cc1. The number of hydrogen-bond donors (Lipinski definition) is 0. The predicted octanol–water partition coefficient (Wildman–Crippen LogP) is 10.2. The molecule has 4 heteroatoms. The van der Waals surface area contributed by atoms with E-state index in [1.807, 2.05) is 0 Å². The zero-order valence-electron chi connectivity index (χ0n) is 28.2. The van der Waals surface area contributed by atoms with Gasteiger partial charge in [0.15, 0.2) is 0 Å². The van der Waals surface area contributed by atoms with Crippen molar-refractivity contribution in [1.82, 2.24) is 9.13 Å². The van der Waals surface area contributed by atoms with Crippen LogP contribution in [-0.4, -0.2) is 15.8 Å². The van der Waals surface area contributed by atoms with E-state index in [1.165, 1.54) is 99.6 Å². The van der Waals surface area contributed by atoms with Crippen LogP contribution in [0, 0.1) is 0 Å². The van der Waals surface area contributed by atoms with Crippen LogP contribution in [0.2, 0.25) is 0 Å². The summed E-state index contributed by atoms with van der Waals surface area (Å²) in [5.41, 5.74) is 17.5. The molecule has 0 atom stereocenters. The molecule has 2 aromatic heterocycles. The number of nitrogens with zero attached hydrogens (tertiary/aromatic N) is 3. The Morgan fingerprint density at radius 3 is 1.81 bits per heavy atom. The van der Waals surface area contributed by atoms with Gasteiger partial charge in [0.1, 0.15) is 0 Å². The molecule has 4 heterocycles. The summed E-state index contributed by atoms with van der Waals surface area (Å²) in [6.07, 6.45) is 0. The Hall–Kier alpha value is -6.78. The smallest absolute Gasteiger partial charge is 0.252 e. The molecule has 0 spiro atoms. The van der Waals surface area contributed by atoms with E-state index in [1.54, 1.807) is 0 Å². The Morgan fingerprint density at radius 2 is 0.981 bits per heavy atom. The molecule has 0 saturated heterocycles. The third-order valence-electron chi connectivity index (χ3n) is 11.5. The zero-order chi connectivity index (χ0) is 33.9. The van der Waals surface area contributed by atoms with Crippen molar-refractivity contribution in [3.8, 4) is 22.5 Å². The number of fused-ring (bicyclic) bond motifs is 10. The molecule has 0 unspecified atom stereocenters. The lowest BCUT2D eigenvalue weighted by Gasteiger charge is -2.41. The third kappa shape index (κ3) is 3.60. The Labute approximate surface area is 301 Å². The summed E-state index contributed by atoms with van der Waals surface area (Å²) in [6, 6.07) is 67.2. The maximum absolute atomic E-state index is 2.55. The van der Waals surface area contributed by atoms with Gasteiger partial charge >= 0.3 is 0 Å². The number of aromatic nitrogens is 2. The fourth-order valence-electron chi connectivity index (χ4n) is 9.45. The van der Waals surface area contributed by atoms with E-state index < -0.39 is 0 Å². The molecule has 0 saturated carbocycles. The molecule has 0 aliphatic carbocycles. The lowest BCUT2D eigenvalue weighted by Crippen LogP contribution is -2.60. The van der Waals surface area contributed by atoms with Gasteiger partial charge in [0, 0.05) is 55.4 Å². The van der Waals surface area contributed by atoms with Gasteiger partial charge < -0.3 is 14.0 Å². The van der Waals surface area contributed by atoms with E-state index in [0.29, 0.717) is 0 Å². The Bertz CT molecular complexity index is 3080. The van der Waals surface area contributed by atoms with Gasteiger partial charge in [-0.05, 0) is 76.5 Å². The molecular formula is C48H30BN3. The zero-order valence-corrected chi connectivity index (χ0v) is 28.2. The third-order valence-corrected chi connectivity index (χ3v) is 11.5. The number of rotatable bonds is 3. The first kappa shape index (κ1) is 28.0. The Kier molecular flexibility index (Phi) is 5.58. The van der Waals surface area contributed by atoms with Crippen LogP contribution in [-0.2, 0) is 0 Å². The van der Waals surface area contributed by atoms with Crippen molar-refractivity contribution in [1.29, 1.82) is 0 Å². The minimum Gasteiger partial charge on any atom is -0.311 e. The average Bonchev–Trinajstić information content (AvgIpc) is 3.72.